The van der Waals surface area contributed by atoms with E-state index in [0.29, 0.717) is 22.6 Å². The molecule has 8 nitrogen and oxygen atoms in total. The van der Waals surface area contributed by atoms with E-state index in [-0.39, 0.29) is 17.6 Å². The number of rotatable bonds is 4. The summed E-state index contributed by atoms with van der Waals surface area (Å²) >= 11 is 0. The molecule has 0 atom stereocenters. The SMILES string of the molecule is COc1ccc2[nH]nc(NC(=O)c3ccc4c(c3)[nH]c(=O)n4C3CC3)c2c1. The van der Waals surface area contributed by atoms with Gasteiger partial charge in [-0.2, -0.15) is 5.10 Å². The van der Waals surface area contributed by atoms with Gasteiger partial charge in [0.1, 0.15) is 5.75 Å². The number of carbonyl (C=O) groups excluding carboxylic acids is 1. The maximum absolute atomic E-state index is 12.7. The van der Waals surface area contributed by atoms with Gasteiger partial charge in [-0.3, -0.25) is 14.5 Å². The minimum atomic E-state index is -0.298. The van der Waals surface area contributed by atoms with Gasteiger partial charge in [0.15, 0.2) is 5.82 Å². The Kier molecular flexibility index (Phi) is 3.33. The number of ether oxygens (including phenoxy) is 1. The number of imidazole rings is 1. The molecule has 5 rings (SSSR count). The highest BCUT2D eigenvalue weighted by Crippen LogP contribution is 2.35. The molecule has 1 aliphatic rings. The highest BCUT2D eigenvalue weighted by atomic mass is 16.5. The average Bonchev–Trinajstić information content (AvgIpc) is 3.35. The van der Waals surface area contributed by atoms with E-state index in [9.17, 15) is 9.59 Å². The van der Waals surface area contributed by atoms with Crippen LogP contribution in [0, 0.1) is 0 Å². The van der Waals surface area contributed by atoms with Gasteiger partial charge in [-0.05, 0) is 49.2 Å². The monoisotopic (exact) mass is 363 g/mol. The molecule has 27 heavy (non-hydrogen) atoms. The molecule has 2 heterocycles. The molecule has 0 unspecified atom stereocenters. The summed E-state index contributed by atoms with van der Waals surface area (Å²) in [6.07, 6.45) is 2.04. The Hall–Kier alpha value is -3.55. The second-order valence-corrected chi connectivity index (χ2v) is 6.70. The molecule has 136 valence electrons. The van der Waals surface area contributed by atoms with Gasteiger partial charge >= 0.3 is 5.69 Å². The summed E-state index contributed by atoms with van der Waals surface area (Å²) in [7, 11) is 1.59. The molecule has 0 spiro atoms. The number of H-pyrrole nitrogens is 2. The second-order valence-electron chi connectivity index (χ2n) is 6.70. The molecular weight excluding hydrogens is 346 g/mol. The van der Waals surface area contributed by atoms with E-state index in [1.54, 1.807) is 23.8 Å². The van der Waals surface area contributed by atoms with Crippen molar-refractivity contribution in [3.05, 3.63) is 52.4 Å². The summed E-state index contributed by atoms with van der Waals surface area (Å²) in [4.78, 5) is 27.7. The van der Waals surface area contributed by atoms with Gasteiger partial charge in [0.05, 0.1) is 23.7 Å². The number of nitrogens with zero attached hydrogens (tertiary/aromatic N) is 2. The van der Waals surface area contributed by atoms with Crippen LogP contribution in [-0.4, -0.2) is 32.8 Å². The lowest BCUT2D eigenvalue weighted by Crippen LogP contribution is -2.14. The number of amides is 1. The zero-order valence-corrected chi connectivity index (χ0v) is 14.6. The highest BCUT2D eigenvalue weighted by Gasteiger charge is 2.27. The predicted molar refractivity (Wildman–Crippen MR) is 101 cm³/mol. The van der Waals surface area contributed by atoms with E-state index >= 15 is 0 Å². The van der Waals surface area contributed by atoms with Crippen molar-refractivity contribution in [3.63, 3.8) is 0 Å². The Balaban J connectivity index is 1.48. The summed E-state index contributed by atoms with van der Waals surface area (Å²) in [5.74, 6) is 0.811. The van der Waals surface area contributed by atoms with Gasteiger partial charge < -0.3 is 15.0 Å². The van der Waals surface area contributed by atoms with Crippen LogP contribution in [-0.2, 0) is 0 Å². The van der Waals surface area contributed by atoms with Gasteiger partial charge in [0.2, 0.25) is 0 Å². The molecule has 0 aliphatic heterocycles. The van der Waals surface area contributed by atoms with Gasteiger partial charge in [0, 0.05) is 17.0 Å². The van der Waals surface area contributed by atoms with Crippen LogP contribution in [0.3, 0.4) is 0 Å². The Bertz CT molecular complexity index is 1250. The van der Waals surface area contributed by atoms with E-state index in [1.807, 2.05) is 24.3 Å². The number of nitrogens with one attached hydrogen (secondary N) is 3. The lowest BCUT2D eigenvalue weighted by Gasteiger charge is -2.05. The molecule has 0 radical (unpaired) electrons. The van der Waals surface area contributed by atoms with Crippen molar-refractivity contribution in [2.24, 2.45) is 0 Å². The van der Waals surface area contributed by atoms with Crippen molar-refractivity contribution in [1.29, 1.82) is 0 Å². The molecule has 1 saturated carbocycles. The zero-order valence-electron chi connectivity index (χ0n) is 14.6. The molecule has 4 aromatic rings. The molecular formula is C19H17N5O3. The normalized spacial score (nSPS) is 14.0. The van der Waals surface area contributed by atoms with Crippen LogP contribution in [0.2, 0.25) is 0 Å². The molecule has 8 heteroatoms. The van der Waals surface area contributed by atoms with Crippen LogP contribution in [0.4, 0.5) is 5.82 Å². The van der Waals surface area contributed by atoms with Crippen LogP contribution in [0.1, 0.15) is 29.2 Å². The first-order valence-corrected chi connectivity index (χ1v) is 8.72. The maximum Gasteiger partial charge on any atom is 0.326 e. The van der Waals surface area contributed by atoms with Crippen molar-refractivity contribution in [2.45, 2.75) is 18.9 Å². The van der Waals surface area contributed by atoms with E-state index in [1.165, 1.54) is 0 Å². The first-order chi connectivity index (χ1) is 13.1. The second kappa shape index (κ2) is 5.73. The minimum Gasteiger partial charge on any atom is -0.497 e. The molecule has 1 fully saturated rings. The summed E-state index contributed by atoms with van der Waals surface area (Å²) in [6.45, 7) is 0. The standard InChI is InChI=1S/C19H17N5O3/c1-27-12-5-6-14-13(9-12)17(23-22-14)21-18(25)10-2-7-16-15(8-10)20-19(26)24(16)11-3-4-11/h2,5-9,11H,3-4H2,1H3,(H,20,26)(H2,21,22,23,25). The zero-order chi connectivity index (χ0) is 18.5. The van der Waals surface area contributed by atoms with Gasteiger partial charge in [-0.25, -0.2) is 4.79 Å². The van der Waals surface area contributed by atoms with E-state index in [4.69, 9.17) is 4.74 Å². The van der Waals surface area contributed by atoms with Crippen LogP contribution in [0.25, 0.3) is 21.9 Å². The number of benzene rings is 2. The highest BCUT2D eigenvalue weighted by molar-refractivity contribution is 6.09. The third kappa shape index (κ3) is 2.57. The lowest BCUT2D eigenvalue weighted by molar-refractivity contribution is 0.102. The maximum atomic E-state index is 12.7. The van der Waals surface area contributed by atoms with Crippen molar-refractivity contribution < 1.29 is 9.53 Å². The number of anilines is 1. The minimum absolute atomic E-state index is 0.129. The molecule has 2 aromatic carbocycles. The fourth-order valence-electron chi connectivity index (χ4n) is 3.36. The Morgan fingerprint density at radius 1 is 1.22 bits per heavy atom. The largest absolute Gasteiger partial charge is 0.497 e. The number of carbonyl (C=O) groups is 1. The van der Waals surface area contributed by atoms with Crippen molar-refractivity contribution in [2.75, 3.05) is 12.4 Å². The molecule has 3 N–H and O–H groups in total. The van der Waals surface area contributed by atoms with Gasteiger partial charge in [-0.1, -0.05) is 0 Å². The fourth-order valence-corrected chi connectivity index (χ4v) is 3.36. The topological polar surface area (TPSA) is 105 Å². The van der Waals surface area contributed by atoms with Crippen molar-refractivity contribution in [3.8, 4) is 5.75 Å². The van der Waals surface area contributed by atoms with E-state index in [0.717, 1.165) is 29.3 Å². The van der Waals surface area contributed by atoms with E-state index < -0.39 is 0 Å². The Morgan fingerprint density at radius 2 is 2.07 bits per heavy atom. The summed E-state index contributed by atoms with van der Waals surface area (Å²) in [5, 5.41) is 10.6. The van der Waals surface area contributed by atoms with Crippen molar-refractivity contribution >= 4 is 33.7 Å². The fraction of sp³-hybridized carbons (Fsp3) is 0.211. The summed E-state index contributed by atoms with van der Waals surface area (Å²) < 4.78 is 7.00. The summed E-state index contributed by atoms with van der Waals surface area (Å²) in [5.41, 5.74) is 2.61. The number of fused-ring (bicyclic) bond motifs is 2. The first kappa shape index (κ1) is 15.7. The molecule has 0 bridgehead atoms. The van der Waals surface area contributed by atoms with Crippen LogP contribution in [0.5, 0.6) is 5.75 Å². The van der Waals surface area contributed by atoms with Crippen LogP contribution < -0.4 is 15.7 Å². The smallest absolute Gasteiger partial charge is 0.326 e. The molecule has 1 amide bonds. The van der Waals surface area contributed by atoms with E-state index in [2.05, 4.69) is 20.5 Å². The van der Waals surface area contributed by atoms with Crippen LogP contribution in [0.15, 0.2) is 41.2 Å². The Labute approximate surface area is 153 Å². The first-order valence-electron chi connectivity index (χ1n) is 8.72. The molecule has 2 aromatic heterocycles. The third-order valence-electron chi connectivity index (χ3n) is 4.89. The third-order valence-corrected chi connectivity index (χ3v) is 4.89. The van der Waals surface area contributed by atoms with Gasteiger partial charge in [-0.15, -0.1) is 0 Å². The number of methoxy groups -OCH3 is 1. The number of aromatic amines is 2. The van der Waals surface area contributed by atoms with Crippen LogP contribution >= 0.6 is 0 Å². The Morgan fingerprint density at radius 3 is 2.85 bits per heavy atom. The molecule has 0 saturated heterocycles. The quantitative estimate of drug-likeness (QED) is 0.518. The predicted octanol–water partition coefficient (Wildman–Crippen LogP) is 2.80. The number of hydrogen-bond donors (Lipinski definition) is 3. The van der Waals surface area contributed by atoms with Gasteiger partial charge in [0.25, 0.3) is 5.91 Å². The molecule has 1 aliphatic carbocycles. The summed E-state index contributed by atoms with van der Waals surface area (Å²) in [6, 6.07) is 11.0. The lowest BCUT2D eigenvalue weighted by atomic mass is 10.1. The number of hydrogen-bond acceptors (Lipinski definition) is 4. The number of aromatic nitrogens is 4. The van der Waals surface area contributed by atoms with Crippen molar-refractivity contribution in [1.82, 2.24) is 19.7 Å². The average molecular weight is 363 g/mol.